The molecule has 0 unspecified atom stereocenters. The van der Waals surface area contributed by atoms with Gasteiger partial charge in [-0.3, -0.25) is 4.79 Å². The van der Waals surface area contributed by atoms with Gasteiger partial charge in [0, 0.05) is 28.4 Å². The van der Waals surface area contributed by atoms with Crippen molar-refractivity contribution in [3.05, 3.63) is 68.9 Å². The average molecular weight is 548 g/mol. The molecule has 8 nitrogen and oxygen atoms in total. The Balaban J connectivity index is 1.78. The van der Waals surface area contributed by atoms with Crippen molar-refractivity contribution in [1.82, 2.24) is 4.57 Å². The number of carbonyl (C=O) groups is 3. The maximum absolute atomic E-state index is 12.9. The molecule has 1 aromatic carbocycles. The molecule has 3 rings (SSSR count). The van der Waals surface area contributed by atoms with E-state index in [2.05, 4.69) is 16.8 Å². The molecular weight excluding hydrogens is 514 g/mol. The van der Waals surface area contributed by atoms with Crippen molar-refractivity contribution >= 4 is 40.3 Å². The van der Waals surface area contributed by atoms with Crippen LogP contribution in [0.1, 0.15) is 58.0 Å². The van der Waals surface area contributed by atoms with Crippen molar-refractivity contribution in [3.63, 3.8) is 0 Å². The number of nitrogens with zero attached hydrogens (tertiary/aromatic N) is 2. The third-order valence-corrected chi connectivity index (χ3v) is 7.21. The molecule has 1 amide bonds. The van der Waals surface area contributed by atoms with Crippen LogP contribution in [0.15, 0.2) is 35.9 Å². The zero-order valence-electron chi connectivity index (χ0n) is 23.1. The van der Waals surface area contributed by atoms with Crippen molar-refractivity contribution in [2.45, 2.75) is 54.5 Å². The summed E-state index contributed by atoms with van der Waals surface area (Å²) in [6, 6.07) is 11.5. The van der Waals surface area contributed by atoms with Crippen LogP contribution in [0.4, 0.5) is 5.00 Å². The Morgan fingerprint density at radius 1 is 1.08 bits per heavy atom. The van der Waals surface area contributed by atoms with Gasteiger partial charge in [-0.1, -0.05) is 36.8 Å². The lowest BCUT2D eigenvalue weighted by atomic mass is 10.0. The zero-order valence-corrected chi connectivity index (χ0v) is 24.0. The number of esters is 2. The van der Waals surface area contributed by atoms with Gasteiger partial charge in [0.15, 0.2) is 6.61 Å². The molecule has 2 heterocycles. The first-order valence-corrected chi connectivity index (χ1v) is 13.6. The summed E-state index contributed by atoms with van der Waals surface area (Å²) < 4.78 is 12.5. The van der Waals surface area contributed by atoms with E-state index in [1.807, 2.05) is 64.1 Å². The van der Waals surface area contributed by atoms with E-state index in [9.17, 15) is 19.6 Å². The molecule has 0 fully saturated rings. The first-order valence-electron chi connectivity index (χ1n) is 12.7. The van der Waals surface area contributed by atoms with E-state index in [-0.39, 0.29) is 17.7 Å². The largest absolute Gasteiger partial charge is 0.462 e. The maximum atomic E-state index is 12.9. The SMILES string of the molecule is CCCn1c(C)cc(/C=C(\C#N)C(=O)OCC(=O)Nc2sc(C)c(-c3ccc(C)cc3)c2C(=O)OCC)c1C. The highest BCUT2D eigenvalue weighted by molar-refractivity contribution is 7.17. The molecule has 1 N–H and O–H groups in total. The minimum Gasteiger partial charge on any atom is -0.462 e. The van der Waals surface area contributed by atoms with Gasteiger partial charge in [0.2, 0.25) is 0 Å². The summed E-state index contributed by atoms with van der Waals surface area (Å²) in [6.45, 7) is 11.9. The first kappa shape index (κ1) is 29.4. The number of carbonyl (C=O) groups excluding carboxylic acids is 3. The second kappa shape index (κ2) is 13.1. The van der Waals surface area contributed by atoms with Crippen LogP contribution in [0.25, 0.3) is 17.2 Å². The summed E-state index contributed by atoms with van der Waals surface area (Å²) in [5, 5.41) is 12.6. The van der Waals surface area contributed by atoms with Crippen molar-refractivity contribution in [2.75, 3.05) is 18.5 Å². The number of hydrogen-bond acceptors (Lipinski definition) is 7. The first-order chi connectivity index (χ1) is 18.6. The quantitative estimate of drug-likeness (QED) is 0.186. The molecule has 0 saturated carbocycles. The number of nitrogens with one attached hydrogen (secondary N) is 1. The molecule has 204 valence electrons. The van der Waals surface area contributed by atoms with Crippen molar-refractivity contribution in [1.29, 1.82) is 5.26 Å². The lowest BCUT2D eigenvalue weighted by Crippen LogP contribution is -2.22. The lowest BCUT2D eigenvalue weighted by molar-refractivity contribution is -0.142. The van der Waals surface area contributed by atoms with Gasteiger partial charge in [-0.05, 0) is 64.3 Å². The van der Waals surface area contributed by atoms with Gasteiger partial charge in [0.05, 0.1) is 6.61 Å². The fraction of sp³-hybridized carbons (Fsp3) is 0.333. The predicted molar refractivity (Wildman–Crippen MR) is 153 cm³/mol. The smallest absolute Gasteiger partial charge is 0.349 e. The van der Waals surface area contributed by atoms with Crippen molar-refractivity contribution in [3.8, 4) is 17.2 Å². The third-order valence-electron chi connectivity index (χ3n) is 6.19. The Hall–Kier alpha value is -4.16. The van der Waals surface area contributed by atoms with E-state index in [0.29, 0.717) is 10.6 Å². The Morgan fingerprint density at radius 2 is 1.77 bits per heavy atom. The molecule has 39 heavy (non-hydrogen) atoms. The molecular formula is C30H33N3O5S. The Kier molecular flexibility index (Phi) is 9.85. The second-order valence-electron chi connectivity index (χ2n) is 9.10. The number of aromatic nitrogens is 1. The van der Waals surface area contributed by atoms with Gasteiger partial charge in [-0.15, -0.1) is 11.3 Å². The topological polar surface area (TPSA) is 110 Å². The van der Waals surface area contributed by atoms with Crippen LogP contribution in [0.5, 0.6) is 0 Å². The van der Waals surface area contributed by atoms with E-state index in [0.717, 1.165) is 45.9 Å². The number of hydrogen-bond donors (Lipinski definition) is 1. The number of thiophene rings is 1. The highest BCUT2D eigenvalue weighted by atomic mass is 32.1. The molecule has 0 aliphatic rings. The molecule has 2 aromatic heterocycles. The Labute approximate surface area is 232 Å². The van der Waals surface area contributed by atoms with E-state index >= 15 is 0 Å². The summed E-state index contributed by atoms with van der Waals surface area (Å²) in [6.07, 6.45) is 2.43. The van der Waals surface area contributed by atoms with Gasteiger partial charge in [0.1, 0.15) is 22.2 Å². The van der Waals surface area contributed by atoms with Gasteiger partial charge in [0.25, 0.3) is 5.91 Å². The summed E-state index contributed by atoms with van der Waals surface area (Å²) >= 11 is 1.24. The van der Waals surface area contributed by atoms with Crippen molar-refractivity contribution in [2.24, 2.45) is 0 Å². The highest BCUT2D eigenvalue weighted by Crippen LogP contribution is 2.40. The summed E-state index contributed by atoms with van der Waals surface area (Å²) in [5.41, 5.74) is 5.34. The standard InChI is InChI=1S/C30H33N3O5S/c1-7-13-33-19(4)14-23(20(33)5)15-24(16-31)29(35)38-17-25(34)32-28-27(30(36)37-8-2)26(21(6)39-28)22-11-9-18(3)10-12-22/h9-12,14-15H,7-8,13,17H2,1-6H3,(H,32,34)/b24-15+. The second-order valence-corrected chi connectivity index (χ2v) is 10.3. The van der Waals surface area contributed by atoms with Crippen LogP contribution in [-0.4, -0.2) is 35.6 Å². The van der Waals surface area contributed by atoms with Crippen LogP contribution < -0.4 is 5.32 Å². The lowest BCUT2D eigenvalue weighted by Gasteiger charge is -2.10. The van der Waals surface area contributed by atoms with Crippen molar-refractivity contribution < 1.29 is 23.9 Å². The molecule has 0 saturated heterocycles. The Bertz CT molecular complexity index is 1450. The zero-order chi connectivity index (χ0) is 28.7. The minimum atomic E-state index is -0.902. The molecule has 0 atom stereocenters. The molecule has 0 bridgehead atoms. The minimum absolute atomic E-state index is 0.177. The van der Waals surface area contributed by atoms with Gasteiger partial charge < -0.3 is 19.4 Å². The molecule has 3 aromatic rings. The fourth-order valence-electron chi connectivity index (χ4n) is 4.30. The number of aryl methyl sites for hydroxylation is 3. The van der Waals surface area contributed by atoms with Gasteiger partial charge in [-0.2, -0.15) is 5.26 Å². The number of amides is 1. The molecule has 0 aliphatic carbocycles. The predicted octanol–water partition coefficient (Wildman–Crippen LogP) is 6.13. The van der Waals surface area contributed by atoms with Gasteiger partial charge >= 0.3 is 11.9 Å². The average Bonchev–Trinajstić information content (AvgIpc) is 3.36. The number of rotatable bonds is 10. The van der Waals surface area contributed by atoms with Gasteiger partial charge in [-0.25, -0.2) is 9.59 Å². The van der Waals surface area contributed by atoms with E-state index in [4.69, 9.17) is 9.47 Å². The van der Waals surface area contributed by atoms with Crippen LogP contribution in [-0.2, 0) is 25.6 Å². The number of ether oxygens (including phenoxy) is 2. The van der Waals surface area contributed by atoms with Crippen LogP contribution in [0, 0.1) is 39.0 Å². The third kappa shape index (κ3) is 6.84. The molecule has 0 spiro atoms. The summed E-state index contributed by atoms with van der Waals surface area (Å²) in [4.78, 5) is 39.1. The summed E-state index contributed by atoms with van der Waals surface area (Å²) in [5.74, 6) is -2.09. The van der Waals surface area contributed by atoms with E-state index < -0.39 is 24.5 Å². The molecule has 9 heteroatoms. The highest BCUT2D eigenvalue weighted by Gasteiger charge is 2.26. The summed E-state index contributed by atoms with van der Waals surface area (Å²) in [7, 11) is 0. The van der Waals surface area contributed by atoms with E-state index in [1.165, 1.54) is 17.4 Å². The van der Waals surface area contributed by atoms with E-state index in [1.54, 1.807) is 6.92 Å². The monoisotopic (exact) mass is 547 g/mol. The van der Waals surface area contributed by atoms with Crippen LogP contribution in [0.3, 0.4) is 0 Å². The van der Waals surface area contributed by atoms with Crippen LogP contribution >= 0.6 is 11.3 Å². The molecule has 0 radical (unpaired) electrons. The Morgan fingerprint density at radius 3 is 2.38 bits per heavy atom. The normalized spacial score (nSPS) is 11.2. The number of benzene rings is 1. The maximum Gasteiger partial charge on any atom is 0.349 e. The fourth-order valence-corrected chi connectivity index (χ4v) is 5.38. The number of anilines is 1. The van der Waals surface area contributed by atoms with Crippen LogP contribution in [0.2, 0.25) is 0 Å². The molecule has 0 aliphatic heterocycles. The number of nitriles is 1.